The van der Waals surface area contributed by atoms with Gasteiger partial charge in [-0.25, -0.2) is 5.84 Å². The fraction of sp³-hybridized carbons (Fsp3) is 0.500. The molecule has 3 rings (SSSR count). The third kappa shape index (κ3) is 2.75. The van der Waals surface area contributed by atoms with Crippen LogP contribution in [-0.4, -0.2) is 10.5 Å². The molecule has 1 amide bonds. The molecule has 0 unspecified atom stereocenters. The molecular weight excluding hydrogens is 274 g/mol. The fourth-order valence-electron chi connectivity index (χ4n) is 3.81. The molecule has 1 aliphatic rings. The molecule has 2 aromatic rings. The van der Waals surface area contributed by atoms with E-state index in [1.807, 2.05) is 0 Å². The van der Waals surface area contributed by atoms with E-state index in [1.54, 1.807) is 0 Å². The number of fused-ring (bicyclic) bond motifs is 1. The largest absolute Gasteiger partial charge is 0.347 e. The highest BCUT2D eigenvalue weighted by atomic mass is 16.2. The third-order valence-corrected chi connectivity index (χ3v) is 4.96. The molecule has 1 aromatic carbocycles. The van der Waals surface area contributed by atoms with Crippen molar-refractivity contribution in [1.29, 1.82) is 0 Å². The first-order chi connectivity index (χ1) is 10.7. The number of aryl methyl sites for hydroxylation is 1. The summed E-state index contributed by atoms with van der Waals surface area (Å²) in [5, 5.41) is 1.38. The van der Waals surface area contributed by atoms with Crippen LogP contribution in [0.15, 0.2) is 30.5 Å². The number of hydrogen-bond donors (Lipinski definition) is 2. The van der Waals surface area contributed by atoms with E-state index in [9.17, 15) is 4.79 Å². The van der Waals surface area contributed by atoms with Crippen LogP contribution in [0.25, 0.3) is 10.9 Å². The molecule has 0 aliphatic heterocycles. The molecule has 4 nitrogen and oxygen atoms in total. The van der Waals surface area contributed by atoms with Crippen molar-refractivity contribution in [2.45, 2.75) is 51.5 Å². The van der Waals surface area contributed by atoms with Gasteiger partial charge in [-0.2, -0.15) is 0 Å². The first-order valence-electron chi connectivity index (χ1n) is 8.32. The molecular formula is C18H25N3O. The van der Waals surface area contributed by atoms with Gasteiger partial charge in [0.15, 0.2) is 0 Å². The molecule has 1 saturated carbocycles. The number of hydrazine groups is 1. The van der Waals surface area contributed by atoms with Crippen molar-refractivity contribution in [3.8, 4) is 0 Å². The predicted octanol–water partition coefficient (Wildman–Crippen LogP) is 3.32. The number of nitrogens with zero attached hydrogens (tertiary/aromatic N) is 1. The molecule has 0 bridgehead atoms. The van der Waals surface area contributed by atoms with Crippen molar-refractivity contribution in [1.82, 2.24) is 9.99 Å². The lowest BCUT2D eigenvalue weighted by Gasteiger charge is -2.27. The van der Waals surface area contributed by atoms with Crippen LogP contribution in [0.3, 0.4) is 0 Å². The summed E-state index contributed by atoms with van der Waals surface area (Å²) >= 11 is 0. The zero-order chi connectivity index (χ0) is 15.5. The van der Waals surface area contributed by atoms with Crippen molar-refractivity contribution in [2.24, 2.45) is 11.8 Å². The maximum absolute atomic E-state index is 11.7. The zero-order valence-electron chi connectivity index (χ0n) is 13.2. The minimum atomic E-state index is -0.00754. The van der Waals surface area contributed by atoms with E-state index < -0.39 is 0 Å². The first kappa shape index (κ1) is 15.1. The topological polar surface area (TPSA) is 60.0 Å². The highest BCUT2D eigenvalue weighted by Crippen LogP contribution is 2.39. The number of carbonyl (C=O) groups is 1. The van der Waals surface area contributed by atoms with Gasteiger partial charge < -0.3 is 4.57 Å². The van der Waals surface area contributed by atoms with E-state index in [0.717, 1.165) is 38.6 Å². The summed E-state index contributed by atoms with van der Waals surface area (Å²) in [7, 11) is 0. The van der Waals surface area contributed by atoms with Gasteiger partial charge in [-0.15, -0.1) is 0 Å². The summed E-state index contributed by atoms with van der Waals surface area (Å²) in [6.07, 6.45) is 7.47. The maximum atomic E-state index is 11.7. The fourth-order valence-corrected chi connectivity index (χ4v) is 3.81. The lowest BCUT2D eigenvalue weighted by Crippen LogP contribution is -2.37. The Labute approximate surface area is 131 Å². The number of aromatic nitrogens is 1. The monoisotopic (exact) mass is 299 g/mol. The Hall–Kier alpha value is -1.81. The van der Waals surface area contributed by atoms with Crippen LogP contribution in [0.1, 0.15) is 50.5 Å². The van der Waals surface area contributed by atoms with Crippen molar-refractivity contribution in [3.05, 3.63) is 36.0 Å². The van der Waals surface area contributed by atoms with E-state index in [2.05, 4.69) is 47.4 Å². The molecule has 1 aromatic heterocycles. The molecule has 118 valence electrons. The molecule has 0 radical (unpaired) electrons. The summed E-state index contributed by atoms with van der Waals surface area (Å²) < 4.78 is 2.38. The number of benzene rings is 1. The Morgan fingerprint density at radius 3 is 2.68 bits per heavy atom. The van der Waals surface area contributed by atoms with Crippen LogP contribution in [0, 0.1) is 5.92 Å². The van der Waals surface area contributed by atoms with Gasteiger partial charge in [0.25, 0.3) is 0 Å². The van der Waals surface area contributed by atoms with E-state index >= 15 is 0 Å². The number of para-hydroxylation sites is 1. The molecule has 4 heteroatoms. The zero-order valence-corrected chi connectivity index (χ0v) is 13.2. The van der Waals surface area contributed by atoms with Gasteiger partial charge in [0.1, 0.15) is 0 Å². The lowest BCUT2D eigenvalue weighted by molar-refractivity contribution is -0.126. The predicted molar refractivity (Wildman–Crippen MR) is 89.3 cm³/mol. The summed E-state index contributed by atoms with van der Waals surface area (Å²) in [5.41, 5.74) is 5.09. The second-order valence-electron chi connectivity index (χ2n) is 6.35. The van der Waals surface area contributed by atoms with Gasteiger partial charge in [-0.1, -0.05) is 25.1 Å². The van der Waals surface area contributed by atoms with Gasteiger partial charge in [0.05, 0.1) is 0 Å². The number of amides is 1. The minimum Gasteiger partial charge on any atom is -0.347 e. The Morgan fingerprint density at radius 1 is 1.27 bits per heavy atom. The third-order valence-electron chi connectivity index (χ3n) is 4.96. The van der Waals surface area contributed by atoms with Gasteiger partial charge in [0.2, 0.25) is 5.91 Å². The second-order valence-corrected chi connectivity index (χ2v) is 6.35. The van der Waals surface area contributed by atoms with E-state index in [1.165, 1.54) is 16.5 Å². The molecule has 0 spiro atoms. The molecule has 1 aliphatic carbocycles. The van der Waals surface area contributed by atoms with Crippen LogP contribution < -0.4 is 11.3 Å². The van der Waals surface area contributed by atoms with Crippen LogP contribution >= 0.6 is 0 Å². The van der Waals surface area contributed by atoms with E-state index in [0.29, 0.717) is 5.92 Å². The smallest absolute Gasteiger partial charge is 0.236 e. The number of nitrogens with two attached hydrogens (primary N) is 1. The standard InChI is InChI=1S/C18H25N3O/c1-2-11-21-12-16(15-5-3-4-6-17(15)21)13-7-9-14(10-8-13)18(22)20-19/h3-6,12-14H,2,7-11,19H2,1H3,(H,20,22). The summed E-state index contributed by atoms with van der Waals surface area (Å²) in [5.74, 6) is 5.90. The summed E-state index contributed by atoms with van der Waals surface area (Å²) in [6, 6.07) is 8.67. The van der Waals surface area contributed by atoms with Gasteiger partial charge in [0, 0.05) is 29.6 Å². The number of carbonyl (C=O) groups excluding carboxylic acids is 1. The van der Waals surface area contributed by atoms with Crippen molar-refractivity contribution >= 4 is 16.8 Å². The molecule has 1 fully saturated rings. The summed E-state index contributed by atoms with van der Waals surface area (Å²) in [4.78, 5) is 11.7. The van der Waals surface area contributed by atoms with Crippen LogP contribution in [-0.2, 0) is 11.3 Å². The number of rotatable bonds is 4. The maximum Gasteiger partial charge on any atom is 0.236 e. The molecule has 22 heavy (non-hydrogen) atoms. The number of nitrogens with one attached hydrogen (secondary N) is 1. The van der Waals surface area contributed by atoms with Crippen LogP contribution in [0.4, 0.5) is 0 Å². The van der Waals surface area contributed by atoms with Crippen molar-refractivity contribution in [3.63, 3.8) is 0 Å². The quantitative estimate of drug-likeness (QED) is 0.517. The first-order valence-corrected chi connectivity index (χ1v) is 8.32. The highest BCUT2D eigenvalue weighted by molar-refractivity contribution is 5.84. The average Bonchev–Trinajstić information content (AvgIpc) is 2.94. The Balaban J connectivity index is 1.84. The Morgan fingerprint density at radius 2 is 2.00 bits per heavy atom. The van der Waals surface area contributed by atoms with E-state index in [-0.39, 0.29) is 11.8 Å². The molecule has 1 heterocycles. The molecule has 3 N–H and O–H groups in total. The Kier molecular flexibility index (Phi) is 4.48. The molecule has 0 atom stereocenters. The molecule has 0 saturated heterocycles. The van der Waals surface area contributed by atoms with E-state index in [4.69, 9.17) is 5.84 Å². The van der Waals surface area contributed by atoms with Crippen LogP contribution in [0.5, 0.6) is 0 Å². The van der Waals surface area contributed by atoms with Crippen molar-refractivity contribution in [2.75, 3.05) is 0 Å². The minimum absolute atomic E-state index is 0.00754. The van der Waals surface area contributed by atoms with Gasteiger partial charge in [-0.05, 0) is 49.7 Å². The number of hydrogen-bond acceptors (Lipinski definition) is 2. The van der Waals surface area contributed by atoms with Gasteiger partial charge in [-0.3, -0.25) is 10.2 Å². The van der Waals surface area contributed by atoms with Crippen molar-refractivity contribution < 1.29 is 4.79 Å². The highest BCUT2D eigenvalue weighted by Gasteiger charge is 2.28. The Bertz CT molecular complexity index is 653. The second kappa shape index (κ2) is 6.53. The SMILES string of the molecule is CCCn1cc(C2CCC(C(=O)NN)CC2)c2ccccc21. The van der Waals surface area contributed by atoms with Crippen LogP contribution in [0.2, 0.25) is 0 Å². The van der Waals surface area contributed by atoms with Gasteiger partial charge >= 0.3 is 0 Å². The average molecular weight is 299 g/mol. The lowest BCUT2D eigenvalue weighted by atomic mass is 9.78. The normalized spacial score (nSPS) is 21.9. The summed E-state index contributed by atoms with van der Waals surface area (Å²) in [6.45, 7) is 3.27.